The highest BCUT2D eigenvalue weighted by molar-refractivity contribution is 5.91. The van der Waals surface area contributed by atoms with Crippen molar-refractivity contribution >= 4 is 28.3 Å². The first-order valence-electron chi connectivity index (χ1n) is 9.70. The van der Waals surface area contributed by atoms with E-state index in [1.807, 2.05) is 37.4 Å². The molecular formula is C22H25N5O. The van der Waals surface area contributed by atoms with Crippen LogP contribution in [-0.2, 0) is 11.3 Å². The number of hydrogen-bond acceptors (Lipinski definition) is 5. The molecule has 6 nitrogen and oxygen atoms in total. The molecule has 0 saturated carbocycles. The van der Waals surface area contributed by atoms with E-state index in [1.54, 1.807) is 0 Å². The van der Waals surface area contributed by atoms with Gasteiger partial charge in [-0.1, -0.05) is 24.3 Å². The quantitative estimate of drug-likeness (QED) is 0.715. The number of aryl methyl sites for hydroxylation is 1. The van der Waals surface area contributed by atoms with Crippen LogP contribution in [0.2, 0.25) is 0 Å². The number of rotatable bonds is 5. The fourth-order valence-corrected chi connectivity index (χ4v) is 3.87. The van der Waals surface area contributed by atoms with Gasteiger partial charge < -0.3 is 16.0 Å². The molecule has 144 valence electrons. The molecule has 1 aliphatic heterocycles. The maximum Gasteiger partial charge on any atom is 0.220 e. The second kappa shape index (κ2) is 7.84. The Morgan fingerprint density at radius 3 is 2.79 bits per heavy atom. The number of amides is 1. The molecule has 1 aromatic carbocycles. The lowest BCUT2D eigenvalue weighted by molar-refractivity contribution is -0.122. The van der Waals surface area contributed by atoms with Crippen LogP contribution in [-0.4, -0.2) is 29.0 Å². The number of carbonyl (C=O) groups is 1. The van der Waals surface area contributed by atoms with Gasteiger partial charge in [-0.3, -0.25) is 9.78 Å². The summed E-state index contributed by atoms with van der Waals surface area (Å²) in [6, 6.07) is 14.3. The van der Waals surface area contributed by atoms with Crippen LogP contribution in [0.4, 0.5) is 11.5 Å². The van der Waals surface area contributed by atoms with Crippen LogP contribution in [0.15, 0.2) is 48.7 Å². The molecule has 28 heavy (non-hydrogen) atoms. The molecule has 0 radical (unpaired) electrons. The van der Waals surface area contributed by atoms with Crippen LogP contribution in [0, 0.1) is 12.8 Å². The molecule has 0 unspecified atom stereocenters. The fraction of sp³-hybridized carbons (Fsp3) is 0.318. The van der Waals surface area contributed by atoms with Gasteiger partial charge in [0.2, 0.25) is 5.91 Å². The summed E-state index contributed by atoms with van der Waals surface area (Å²) in [6.45, 7) is 4.28. The van der Waals surface area contributed by atoms with Gasteiger partial charge in [0.15, 0.2) is 0 Å². The van der Waals surface area contributed by atoms with Gasteiger partial charge in [0.1, 0.15) is 5.82 Å². The Labute approximate surface area is 164 Å². The van der Waals surface area contributed by atoms with E-state index in [9.17, 15) is 4.79 Å². The van der Waals surface area contributed by atoms with Gasteiger partial charge in [0, 0.05) is 54.1 Å². The van der Waals surface area contributed by atoms with E-state index in [2.05, 4.69) is 38.4 Å². The standard InChI is InChI=1S/C22H25N5O/c1-15-13-20(18-6-2-3-7-19(18)26-15)25-14-17-5-4-10-24-22(17)27-11-8-16(9-12-27)21(23)28/h2-7,10,13,16H,8-9,11-12,14H2,1H3,(H2,23,28)(H,25,26). The molecule has 0 bridgehead atoms. The molecule has 1 amide bonds. The molecule has 2 aromatic heterocycles. The smallest absolute Gasteiger partial charge is 0.220 e. The van der Waals surface area contributed by atoms with Crippen molar-refractivity contribution in [2.24, 2.45) is 11.7 Å². The number of nitrogens with one attached hydrogen (secondary N) is 1. The second-order valence-corrected chi connectivity index (χ2v) is 7.33. The van der Waals surface area contributed by atoms with Crippen LogP contribution < -0.4 is 16.0 Å². The molecule has 3 aromatic rings. The van der Waals surface area contributed by atoms with Crippen LogP contribution in [0.5, 0.6) is 0 Å². The normalized spacial score (nSPS) is 15.0. The van der Waals surface area contributed by atoms with Crippen LogP contribution >= 0.6 is 0 Å². The summed E-state index contributed by atoms with van der Waals surface area (Å²) in [4.78, 5) is 22.9. The molecule has 3 N–H and O–H groups in total. The molecule has 0 spiro atoms. The summed E-state index contributed by atoms with van der Waals surface area (Å²) in [7, 11) is 0. The summed E-state index contributed by atoms with van der Waals surface area (Å²) in [5.74, 6) is 0.767. The van der Waals surface area contributed by atoms with Crippen molar-refractivity contribution in [1.29, 1.82) is 0 Å². The SMILES string of the molecule is Cc1cc(NCc2cccnc2N2CCC(C(N)=O)CC2)c2ccccc2n1. The van der Waals surface area contributed by atoms with E-state index in [1.165, 1.54) is 0 Å². The molecule has 6 heteroatoms. The monoisotopic (exact) mass is 375 g/mol. The Bertz CT molecular complexity index is 995. The predicted octanol–water partition coefficient (Wildman–Crippen LogP) is 3.25. The predicted molar refractivity (Wildman–Crippen MR) is 112 cm³/mol. The Morgan fingerprint density at radius 1 is 1.21 bits per heavy atom. The molecule has 1 saturated heterocycles. The lowest BCUT2D eigenvalue weighted by Gasteiger charge is -2.32. The first-order valence-corrected chi connectivity index (χ1v) is 9.70. The molecule has 3 heterocycles. The summed E-state index contributed by atoms with van der Waals surface area (Å²) in [5, 5.41) is 4.68. The Balaban J connectivity index is 1.53. The van der Waals surface area contributed by atoms with E-state index in [4.69, 9.17) is 5.73 Å². The van der Waals surface area contributed by atoms with E-state index >= 15 is 0 Å². The van der Waals surface area contributed by atoms with Gasteiger partial charge in [-0.05, 0) is 38.0 Å². The molecule has 1 fully saturated rings. The second-order valence-electron chi connectivity index (χ2n) is 7.33. The summed E-state index contributed by atoms with van der Waals surface area (Å²) < 4.78 is 0. The number of fused-ring (bicyclic) bond motifs is 1. The van der Waals surface area contributed by atoms with Crippen LogP contribution in [0.25, 0.3) is 10.9 Å². The minimum absolute atomic E-state index is 0.0207. The van der Waals surface area contributed by atoms with Crippen LogP contribution in [0.3, 0.4) is 0 Å². The number of anilines is 2. The van der Waals surface area contributed by atoms with Gasteiger partial charge in [-0.25, -0.2) is 4.98 Å². The van der Waals surface area contributed by atoms with Gasteiger partial charge in [-0.15, -0.1) is 0 Å². The minimum Gasteiger partial charge on any atom is -0.380 e. The Hall–Kier alpha value is -3.15. The third-order valence-corrected chi connectivity index (χ3v) is 5.38. The van der Waals surface area contributed by atoms with Gasteiger partial charge in [-0.2, -0.15) is 0 Å². The van der Waals surface area contributed by atoms with Crippen molar-refractivity contribution < 1.29 is 4.79 Å². The first kappa shape index (κ1) is 18.2. The molecule has 0 atom stereocenters. The number of piperidine rings is 1. The third-order valence-electron chi connectivity index (χ3n) is 5.38. The Morgan fingerprint density at radius 2 is 2.00 bits per heavy atom. The zero-order valence-corrected chi connectivity index (χ0v) is 16.1. The largest absolute Gasteiger partial charge is 0.380 e. The summed E-state index contributed by atoms with van der Waals surface area (Å²) in [6.07, 6.45) is 3.39. The van der Waals surface area contributed by atoms with Crippen LogP contribution in [0.1, 0.15) is 24.1 Å². The number of hydrogen-bond donors (Lipinski definition) is 2. The number of para-hydroxylation sites is 1. The van der Waals surface area contributed by atoms with E-state index in [-0.39, 0.29) is 11.8 Å². The van der Waals surface area contributed by atoms with Gasteiger partial charge >= 0.3 is 0 Å². The van der Waals surface area contributed by atoms with E-state index in [0.717, 1.165) is 59.6 Å². The highest BCUT2D eigenvalue weighted by Crippen LogP contribution is 2.27. The first-order chi connectivity index (χ1) is 13.6. The summed E-state index contributed by atoms with van der Waals surface area (Å²) in [5.41, 5.74) is 9.65. The molecular weight excluding hydrogens is 350 g/mol. The third kappa shape index (κ3) is 3.76. The zero-order valence-electron chi connectivity index (χ0n) is 16.1. The minimum atomic E-state index is -0.192. The van der Waals surface area contributed by atoms with Gasteiger partial charge in [0.25, 0.3) is 0 Å². The number of nitrogens with two attached hydrogens (primary N) is 1. The number of carbonyl (C=O) groups excluding carboxylic acids is 1. The lowest BCUT2D eigenvalue weighted by Crippen LogP contribution is -2.39. The highest BCUT2D eigenvalue weighted by atomic mass is 16.1. The molecule has 0 aliphatic carbocycles. The van der Waals surface area contributed by atoms with Crippen molar-refractivity contribution in [2.45, 2.75) is 26.3 Å². The number of aromatic nitrogens is 2. The topological polar surface area (TPSA) is 84.1 Å². The summed E-state index contributed by atoms with van der Waals surface area (Å²) >= 11 is 0. The Kier molecular flexibility index (Phi) is 5.10. The number of pyridine rings is 2. The average molecular weight is 375 g/mol. The molecule has 1 aliphatic rings. The number of primary amides is 1. The van der Waals surface area contributed by atoms with Crippen molar-refractivity contribution in [1.82, 2.24) is 9.97 Å². The number of nitrogens with zero attached hydrogens (tertiary/aromatic N) is 3. The highest BCUT2D eigenvalue weighted by Gasteiger charge is 2.24. The number of benzene rings is 1. The van der Waals surface area contributed by atoms with Crippen molar-refractivity contribution in [3.63, 3.8) is 0 Å². The fourth-order valence-electron chi connectivity index (χ4n) is 3.87. The van der Waals surface area contributed by atoms with Gasteiger partial charge in [0.05, 0.1) is 5.52 Å². The average Bonchev–Trinajstić information content (AvgIpc) is 2.72. The van der Waals surface area contributed by atoms with Crippen molar-refractivity contribution in [3.8, 4) is 0 Å². The maximum absolute atomic E-state index is 11.4. The maximum atomic E-state index is 11.4. The van der Waals surface area contributed by atoms with E-state index in [0.29, 0.717) is 6.54 Å². The van der Waals surface area contributed by atoms with E-state index < -0.39 is 0 Å². The molecule has 4 rings (SSSR count). The van der Waals surface area contributed by atoms with Crippen molar-refractivity contribution in [2.75, 3.05) is 23.3 Å². The zero-order chi connectivity index (χ0) is 19.5. The van der Waals surface area contributed by atoms with Crippen molar-refractivity contribution in [3.05, 3.63) is 59.9 Å². The lowest BCUT2D eigenvalue weighted by atomic mass is 9.96.